The van der Waals surface area contributed by atoms with E-state index in [4.69, 9.17) is 11.6 Å². The largest absolute Gasteiger partial charge is 0.355 e. The van der Waals surface area contributed by atoms with Gasteiger partial charge in [-0.3, -0.25) is 9.48 Å². The highest BCUT2D eigenvalue weighted by Crippen LogP contribution is 2.33. The molecular formula is C19H20ClN3OS. The summed E-state index contributed by atoms with van der Waals surface area (Å²) in [6.07, 6.45) is 3.69. The van der Waals surface area contributed by atoms with Gasteiger partial charge in [-0.05, 0) is 29.5 Å². The zero-order valence-corrected chi connectivity index (χ0v) is 15.6. The molecule has 0 radical (unpaired) electrons. The molecule has 4 nitrogen and oxygen atoms in total. The molecule has 0 aliphatic carbocycles. The van der Waals surface area contributed by atoms with Gasteiger partial charge in [-0.15, -0.1) is 11.8 Å². The van der Waals surface area contributed by atoms with Crippen molar-refractivity contribution in [3.05, 3.63) is 59.9 Å². The first-order chi connectivity index (χ1) is 12.1. The highest BCUT2D eigenvalue weighted by atomic mass is 35.5. The fraction of sp³-hybridized carbons (Fsp3) is 0.263. The van der Waals surface area contributed by atoms with Crippen molar-refractivity contribution in [2.45, 2.75) is 18.4 Å². The van der Waals surface area contributed by atoms with Gasteiger partial charge in [-0.1, -0.05) is 42.8 Å². The fourth-order valence-corrected chi connectivity index (χ4v) is 3.93. The second-order valence-corrected chi connectivity index (χ2v) is 7.44. The van der Waals surface area contributed by atoms with Crippen LogP contribution < -0.4 is 5.32 Å². The molecule has 0 bridgehead atoms. The zero-order valence-electron chi connectivity index (χ0n) is 14.0. The van der Waals surface area contributed by atoms with Crippen LogP contribution >= 0.6 is 23.4 Å². The van der Waals surface area contributed by atoms with Crippen molar-refractivity contribution in [3.8, 4) is 0 Å². The van der Waals surface area contributed by atoms with E-state index in [1.807, 2.05) is 53.3 Å². The van der Waals surface area contributed by atoms with Crippen LogP contribution in [0.25, 0.3) is 10.8 Å². The van der Waals surface area contributed by atoms with Gasteiger partial charge in [0.2, 0.25) is 5.91 Å². The van der Waals surface area contributed by atoms with Crippen LogP contribution in [-0.2, 0) is 11.3 Å². The molecule has 2 aromatic carbocycles. The summed E-state index contributed by atoms with van der Waals surface area (Å²) in [5.74, 6) is 0.723. The highest BCUT2D eigenvalue weighted by Gasteiger charge is 2.10. The highest BCUT2D eigenvalue weighted by molar-refractivity contribution is 8.00. The Bertz CT molecular complexity index is 846. The van der Waals surface area contributed by atoms with E-state index in [0.29, 0.717) is 23.2 Å². The van der Waals surface area contributed by atoms with E-state index in [9.17, 15) is 4.79 Å². The molecule has 0 fully saturated rings. The number of hydrogen-bond donors (Lipinski definition) is 1. The number of rotatable bonds is 7. The lowest BCUT2D eigenvalue weighted by atomic mass is 10.1. The van der Waals surface area contributed by atoms with E-state index in [2.05, 4.69) is 17.3 Å². The first-order valence-electron chi connectivity index (χ1n) is 8.17. The Morgan fingerprint density at radius 3 is 2.84 bits per heavy atom. The molecule has 1 amide bonds. The molecule has 130 valence electrons. The third-order valence-corrected chi connectivity index (χ3v) is 5.25. The minimum Gasteiger partial charge on any atom is -0.355 e. The summed E-state index contributed by atoms with van der Waals surface area (Å²) in [7, 11) is 0. The predicted octanol–water partition coefficient (Wildman–Crippen LogP) is 4.23. The Morgan fingerprint density at radius 2 is 2.08 bits per heavy atom. The number of carbonyl (C=O) groups is 1. The minimum absolute atomic E-state index is 0.0290. The number of aromatic nitrogens is 2. The number of thioether (sulfide) groups is 1. The van der Waals surface area contributed by atoms with Crippen LogP contribution in [0.15, 0.2) is 59.8 Å². The average Bonchev–Trinajstić information content (AvgIpc) is 3.11. The van der Waals surface area contributed by atoms with E-state index >= 15 is 0 Å². The van der Waals surface area contributed by atoms with Crippen molar-refractivity contribution in [2.24, 2.45) is 5.92 Å². The SMILES string of the molecule is CC(CNC(=O)CSc1cccc2cccc(Cl)c12)Cn1cccn1. The monoisotopic (exact) mass is 373 g/mol. The van der Waals surface area contributed by atoms with Crippen molar-refractivity contribution >= 4 is 40.0 Å². The second kappa shape index (κ2) is 8.41. The quantitative estimate of drug-likeness (QED) is 0.630. The van der Waals surface area contributed by atoms with E-state index in [-0.39, 0.29) is 5.91 Å². The molecule has 1 heterocycles. The maximum absolute atomic E-state index is 12.2. The molecule has 3 rings (SSSR count). The molecule has 1 N–H and O–H groups in total. The maximum Gasteiger partial charge on any atom is 0.230 e. The van der Waals surface area contributed by atoms with Gasteiger partial charge >= 0.3 is 0 Å². The number of nitrogens with zero attached hydrogens (tertiary/aromatic N) is 2. The summed E-state index contributed by atoms with van der Waals surface area (Å²) in [6.45, 7) is 3.52. The van der Waals surface area contributed by atoms with Crippen molar-refractivity contribution in [1.29, 1.82) is 0 Å². The normalized spacial score (nSPS) is 12.2. The smallest absolute Gasteiger partial charge is 0.230 e. The fourth-order valence-electron chi connectivity index (χ4n) is 2.66. The van der Waals surface area contributed by atoms with Crippen LogP contribution in [0.5, 0.6) is 0 Å². The first kappa shape index (κ1) is 17.8. The minimum atomic E-state index is 0.0290. The van der Waals surface area contributed by atoms with Crippen LogP contribution in [0.2, 0.25) is 5.02 Å². The van der Waals surface area contributed by atoms with Gasteiger partial charge in [0.05, 0.1) is 5.75 Å². The first-order valence-corrected chi connectivity index (χ1v) is 9.54. The van der Waals surface area contributed by atoms with Crippen molar-refractivity contribution < 1.29 is 4.79 Å². The topological polar surface area (TPSA) is 46.9 Å². The summed E-state index contributed by atoms with van der Waals surface area (Å²) in [5.41, 5.74) is 0. The Labute approximate surface area is 156 Å². The van der Waals surface area contributed by atoms with Crippen LogP contribution in [0.4, 0.5) is 0 Å². The van der Waals surface area contributed by atoms with Gasteiger partial charge in [-0.2, -0.15) is 5.10 Å². The van der Waals surface area contributed by atoms with Gasteiger partial charge < -0.3 is 5.32 Å². The summed E-state index contributed by atoms with van der Waals surface area (Å²) < 4.78 is 1.88. The number of carbonyl (C=O) groups excluding carboxylic acids is 1. The third-order valence-electron chi connectivity index (χ3n) is 3.88. The molecule has 0 saturated carbocycles. The van der Waals surface area contributed by atoms with Crippen LogP contribution in [0, 0.1) is 5.92 Å². The molecule has 25 heavy (non-hydrogen) atoms. The molecule has 0 spiro atoms. The van der Waals surface area contributed by atoms with Crippen molar-refractivity contribution in [2.75, 3.05) is 12.3 Å². The Kier molecular flexibility index (Phi) is 6.00. The molecular weight excluding hydrogens is 354 g/mol. The number of hydrogen-bond acceptors (Lipinski definition) is 3. The predicted molar refractivity (Wildman–Crippen MR) is 104 cm³/mol. The van der Waals surface area contributed by atoms with Gasteiger partial charge in [0, 0.05) is 40.8 Å². The lowest BCUT2D eigenvalue weighted by Gasteiger charge is -2.13. The summed E-state index contributed by atoms with van der Waals surface area (Å²) in [5, 5.41) is 9.99. The Balaban J connectivity index is 1.52. The number of halogens is 1. The van der Waals surface area contributed by atoms with E-state index in [1.165, 1.54) is 11.8 Å². The average molecular weight is 374 g/mol. The molecule has 1 aromatic heterocycles. The van der Waals surface area contributed by atoms with Crippen molar-refractivity contribution in [3.63, 3.8) is 0 Å². The molecule has 1 unspecified atom stereocenters. The molecule has 3 aromatic rings. The number of fused-ring (bicyclic) bond motifs is 1. The van der Waals surface area contributed by atoms with Crippen LogP contribution in [0.1, 0.15) is 6.92 Å². The summed E-state index contributed by atoms with van der Waals surface area (Å²) in [4.78, 5) is 13.2. The lowest BCUT2D eigenvalue weighted by molar-refractivity contribution is -0.118. The molecule has 1 atom stereocenters. The number of nitrogens with one attached hydrogen (secondary N) is 1. The maximum atomic E-state index is 12.2. The third kappa shape index (κ3) is 4.77. The second-order valence-electron chi connectivity index (χ2n) is 6.02. The van der Waals surface area contributed by atoms with Crippen LogP contribution in [-0.4, -0.2) is 28.0 Å². The van der Waals surface area contributed by atoms with Crippen molar-refractivity contribution in [1.82, 2.24) is 15.1 Å². The standard InChI is InChI=1S/C19H20ClN3OS/c1-14(12-23-10-4-9-22-23)11-21-18(24)13-25-17-8-3-6-15-5-2-7-16(20)19(15)17/h2-10,14H,11-13H2,1H3,(H,21,24). The van der Waals surface area contributed by atoms with E-state index in [0.717, 1.165) is 22.2 Å². The van der Waals surface area contributed by atoms with Gasteiger partial charge in [-0.25, -0.2) is 0 Å². The van der Waals surface area contributed by atoms with Gasteiger partial charge in [0.25, 0.3) is 0 Å². The Hall–Kier alpha value is -1.98. The molecule has 0 aliphatic rings. The van der Waals surface area contributed by atoms with E-state index < -0.39 is 0 Å². The Morgan fingerprint density at radius 1 is 1.28 bits per heavy atom. The molecule has 0 aliphatic heterocycles. The number of benzene rings is 2. The number of amides is 1. The lowest BCUT2D eigenvalue weighted by Crippen LogP contribution is -2.31. The molecule has 6 heteroatoms. The van der Waals surface area contributed by atoms with Gasteiger partial charge in [0.1, 0.15) is 0 Å². The summed E-state index contributed by atoms with van der Waals surface area (Å²) in [6, 6.07) is 13.8. The van der Waals surface area contributed by atoms with E-state index in [1.54, 1.807) is 6.20 Å². The van der Waals surface area contributed by atoms with Gasteiger partial charge in [0.15, 0.2) is 0 Å². The summed E-state index contributed by atoms with van der Waals surface area (Å²) >= 11 is 7.84. The van der Waals surface area contributed by atoms with Crippen LogP contribution in [0.3, 0.4) is 0 Å². The molecule has 0 saturated heterocycles. The zero-order chi connectivity index (χ0) is 17.6.